The van der Waals surface area contributed by atoms with Crippen LogP contribution < -0.4 is 19.7 Å². The summed E-state index contributed by atoms with van der Waals surface area (Å²) in [7, 11) is 3.33. The van der Waals surface area contributed by atoms with Gasteiger partial charge < -0.3 is 19.7 Å². The third kappa shape index (κ3) is 3.95. The van der Waals surface area contributed by atoms with Crippen molar-refractivity contribution in [2.24, 2.45) is 0 Å². The first-order valence-corrected chi connectivity index (χ1v) is 8.49. The topological polar surface area (TPSA) is 59.5 Å². The van der Waals surface area contributed by atoms with Gasteiger partial charge in [0.2, 0.25) is 5.95 Å². The smallest absolute Gasteiger partial charge is 0.227 e. The van der Waals surface area contributed by atoms with Crippen LogP contribution in [-0.2, 0) is 13.0 Å². The van der Waals surface area contributed by atoms with Gasteiger partial charge in [-0.1, -0.05) is 0 Å². The lowest BCUT2D eigenvalue weighted by molar-refractivity contribution is 0.353. The van der Waals surface area contributed by atoms with Crippen molar-refractivity contribution in [1.29, 1.82) is 0 Å². The Bertz CT molecular complexity index is 756. The van der Waals surface area contributed by atoms with Gasteiger partial charge in [0.15, 0.2) is 11.5 Å². The number of benzene rings is 1. The molecule has 0 unspecified atom stereocenters. The molecule has 0 spiro atoms. The summed E-state index contributed by atoms with van der Waals surface area (Å²) >= 11 is 0. The standard InChI is InChI=1S/C19H26N4O2/c1-19(2,3)22-17-6-8-20-18(21-17)23-9-7-13-10-15(24-4)16(25-5)11-14(13)12-23/h6,8,10-11H,7,9,12H2,1-5H3,(H,20,21,22). The van der Waals surface area contributed by atoms with Gasteiger partial charge >= 0.3 is 0 Å². The third-order valence-electron chi connectivity index (χ3n) is 4.15. The van der Waals surface area contributed by atoms with E-state index in [9.17, 15) is 0 Å². The summed E-state index contributed by atoms with van der Waals surface area (Å²) in [5, 5.41) is 3.40. The normalized spacial score (nSPS) is 14.0. The molecular formula is C19H26N4O2. The predicted molar refractivity (Wildman–Crippen MR) is 99.7 cm³/mol. The monoisotopic (exact) mass is 342 g/mol. The fourth-order valence-electron chi connectivity index (χ4n) is 3.01. The molecule has 1 N–H and O–H groups in total. The van der Waals surface area contributed by atoms with E-state index in [2.05, 4.69) is 53.1 Å². The van der Waals surface area contributed by atoms with Gasteiger partial charge in [-0.3, -0.25) is 0 Å². The number of nitrogens with one attached hydrogen (secondary N) is 1. The van der Waals surface area contributed by atoms with Crippen LogP contribution in [0.15, 0.2) is 24.4 Å². The SMILES string of the molecule is COc1cc2c(cc1OC)CN(c1nccc(NC(C)(C)C)n1)CC2. The molecule has 1 aliphatic heterocycles. The minimum absolute atomic E-state index is 0.0377. The highest BCUT2D eigenvalue weighted by atomic mass is 16.5. The number of anilines is 2. The van der Waals surface area contributed by atoms with Crippen LogP contribution in [0.1, 0.15) is 31.9 Å². The second-order valence-electron chi connectivity index (χ2n) is 7.26. The molecule has 2 aromatic rings. The van der Waals surface area contributed by atoms with Gasteiger partial charge in [-0.2, -0.15) is 4.98 Å². The van der Waals surface area contributed by atoms with Crippen molar-refractivity contribution in [2.75, 3.05) is 31.0 Å². The van der Waals surface area contributed by atoms with Crippen molar-refractivity contribution in [1.82, 2.24) is 9.97 Å². The molecule has 3 rings (SSSR count). The average Bonchev–Trinajstić information content (AvgIpc) is 2.58. The number of aromatic nitrogens is 2. The second kappa shape index (κ2) is 6.78. The van der Waals surface area contributed by atoms with Gasteiger partial charge in [-0.25, -0.2) is 4.98 Å². The van der Waals surface area contributed by atoms with Crippen LogP contribution >= 0.6 is 0 Å². The van der Waals surface area contributed by atoms with Gasteiger partial charge in [0.05, 0.1) is 14.2 Å². The fourth-order valence-corrected chi connectivity index (χ4v) is 3.01. The summed E-state index contributed by atoms with van der Waals surface area (Å²) in [6, 6.07) is 6.03. The van der Waals surface area contributed by atoms with E-state index in [1.165, 1.54) is 11.1 Å². The maximum absolute atomic E-state index is 5.43. The van der Waals surface area contributed by atoms with Crippen LogP contribution in [0.3, 0.4) is 0 Å². The Hall–Kier alpha value is -2.50. The Morgan fingerprint density at radius 2 is 1.76 bits per heavy atom. The first-order valence-electron chi connectivity index (χ1n) is 8.49. The highest BCUT2D eigenvalue weighted by molar-refractivity contribution is 5.51. The molecule has 1 aliphatic rings. The second-order valence-corrected chi connectivity index (χ2v) is 7.26. The minimum atomic E-state index is -0.0377. The summed E-state index contributed by atoms with van der Waals surface area (Å²) in [4.78, 5) is 11.3. The van der Waals surface area contributed by atoms with Crippen LogP contribution in [-0.4, -0.2) is 36.3 Å². The van der Waals surface area contributed by atoms with E-state index in [-0.39, 0.29) is 5.54 Å². The molecule has 0 saturated carbocycles. The summed E-state index contributed by atoms with van der Waals surface area (Å²) in [6.07, 6.45) is 2.73. The van der Waals surface area contributed by atoms with E-state index < -0.39 is 0 Å². The zero-order valence-corrected chi connectivity index (χ0v) is 15.6. The molecule has 2 heterocycles. The van der Waals surface area contributed by atoms with Crippen molar-refractivity contribution in [3.63, 3.8) is 0 Å². The minimum Gasteiger partial charge on any atom is -0.493 e. The lowest BCUT2D eigenvalue weighted by atomic mass is 9.99. The number of hydrogen-bond donors (Lipinski definition) is 1. The van der Waals surface area contributed by atoms with Crippen molar-refractivity contribution in [2.45, 2.75) is 39.3 Å². The highest BCUT2D eigenvalue weighted by Gasteiger charge is 2.21. The molecule has 0 radical (unpaired) electrons. The summed E-state index contributed by atoms with van der Waals surface area (Å²) in [5.74, 6) is 3.12. The first kappa shape index (κ1) is 17.3. The molecule has 6 nitrogen and oxygen atoms in total. The lowest BCUT2D eigenvalue weighted by Gasteiger charge is -2.30. The number of methoxy groups -OCH3 is 2. The zero-order valence-electron chi connectivity index (χ0n) is 15.6. The maximum atomic E-state index is 5.43. The number of fused-ring (bicyclic) bond motifs is 1. The van der Waals surface area contributed by atoms with Gasteiger partial charge in [-0.05, 0) is 56.5 Å². The van der Waals surface area contributed by atoms with E-state index in [1.807, 2.05) is 6.07 Å². The van der Waals surface area contributed by atoms with E-state index >= 15 is 0 Å². The molecular weight excluding hydrogens is 316 g/mol. The largest absolute Gasteiger partial charge is 0.493 e. The predicted octanol–water partition coefficient (Wildman–Crippen LogP) is 3.27. The Balaban J connectivity index is 1.84. The van der Waals surface area contributed by atoms with Gasteiger partial charge in [0, 0.05) is 24.8 Å². The first-order chi connectivity index (χ1) is 11.9. The number of rotatable bonds is 4. The van der Waals surface area contributed by atoms with Gasteiger partial charge in [0.1, 0.15) is 5.82 Å². The van der Waals surface area contributed by atoms with Crippen LogP contribution in [0.25, 0.3) is 0 Å². The van der Waals surface area contributed by atoms with Crippen LogP contribution in [0.4, 0.5) is 11.8 Å². The number of nitrogens with zero attached hydrogens (tertiary/aromatic N) is 3. The maximum Gasteiger partial charge on any atom is 0.227 e. The Morgan fingerprint density at radius 3 is 2.40 bits per heavy atom. The molecule has 0 bridgehead atoms. The summed E-state index contributed by atoms with van der Waals surface area (Å²) < 4.78 is 10.8. The van der Waals surface area contributed by atoms with E-state index in [0.717, 1.165) is 42.8 Å². The molecule has 0 aliphatic carbocycles. The average molecular weight is 342 g/mol. The molecule has 0 amide bonds. The molecule has 25 heavy (non-hydrogen) atoms. The van der Waals surface area contributed by atoms with Gasteiger partial charge in [-0.15, -0.1) is 0 Å². The summed E-state index contributed by atoms with van der Waals surface area (Å²) in [5.41, 5.74) is 2.48. The van der Waals surface area contributed by atoms with Crippen molar-refractivity contribution < 1.29 is 9.47 Å². The number of ether oxygens (including phenoxy) is 2. The zero-order chi connectivity index (χ0) is 18.0. The Kier molecular flexibility index (Phi) is 4.70. The van der Waals surface area contributed by atoms with Crippen LogP contribution in [0.5, 0.6) is 11.5 Å². The number of hydrogen-bond acceptors (Lipinski definition) is 6. The van der Waals surface area contributed by atoms with Crippen LogP contribution in [0, 0.1) is 0 Å². The Labute approximate surface area is 149 Å². The molecule has 1 aromatic carbocycles. The third-order valence-corrected chi connectivity index (χ3v) is 4.15. The van der Waals surface area contributed by atoms with Crippen molar-refractivity contribution in [3.05, 3.63) is 35.5 Å². The van der Waals surface area contributed by atoms with E-state index in [1.54, 1.807) is 20.4 Å². The summed E-state index contributed by atoms with van der Waals surface area (Å²) in [6.45, 7) is 7.98. The molecule has 0 atom stereocenters. The van der Waals surface area contributed by atoms with Gasteiger partial charge in [0.25, 0.3) is 0 Å². The molecule has 134 valence electrons. The fraction of sp³-hybridized carbons (Fsp3) is 0.474. The lowest BCUT2D eigenvalue weighted by Crippen LogP contribution is -2.32. The molecule has 1 aromatic heterocycles. The van der Waals surface area contributed by atoms with Crippen molar-refractivity contribution >= 4 is 11.8 Å². The van der Waals surface area contributed by atoms with Crippen LogP contribution in [0.2, 0.25) is 0 Å². The highest BCUT2D eigenvalue weighted by Crippen LogP contribution is 2.34. The van der Waals surface area contributed by atoms with E-state index in [4.69, 9.17) is 9.47 Å². The molecule has 6 heteroatoms. The van der Waals surface area contributed by atoms with Crippen molar-refractivity contribution in [3.8, 4) is 11.5 Å². The quantitative estimate of drug-likeness (QED) is 0.920. The Morgan fingerprint density at radius 1 is 1.08 bits per heavy atom. The molecule has 0 saturated heterocycles. The molecule has 0 fully saturated rings. The van der Waals surface area contributed by atoms with E-state index in [0.29, 0.717) is 0 Å².